The largest absolute Gasteiger partial charge is 0.478 e. The van der Waals surface area contributed by atoms with E-state index in [0.29, 0.717) is 13.0 Å². The number of carboxylic acid groups (broad SMARTS) is 1. The first kappa shape index (κ1) is 21.8. The van der Waals surface area contributed by atoms with Crippen LogP contribution in [0, 0.1) is 0 Å². The third-order valence-corrected chi connectivity index (χ3v) is 9.31. The summed E-state index contributed by atoms with van der Waals surface area (Å²) in [5.74, 6) is -1.80. The highest BCUT2D eigenvalue weighted by Crippen LogP contribution is 2.34. The van der Waals surface area contributed by atoms with Crippen LogP contribution in [0.4, 0.5) is 0 Å². The maximum absolute atomic E-state index is 13.4. The Bertz CT molecular complexity index is 988. The molecule has 0 radical (unpaired) electrons. The van der Waals surface area contributed by atoms with Gasteiger partial charge in [0, 0.05) is 19.2 Å². The van der Waals surface area contributed by atoms with Crippen LogP contribution in [0.1, 0.15) is 29.6 Å². The molecule has 0 bridgehead atoms. The number of carboxylic acids is 1. The fourth-order valence-corrected chi connectivity index (χ4v) is 7.79. The number of halogens is 2. The van der Waals surface area contributed by atoms with Gasteiger partial charge in [0.05, 0.1) is 33.2 Å². The minimum atomic E-state index is -4.29. The fraction of sp³-hybridized carbons (Fsp3) is 0.562. The Hall–Kier alpha value is -0.910. The van der Waals surface area contributed by atoms with Gasteiger partial charge in [0.25, 0.3) is 0 Å². The summed E-state index contributed by atoms with van der Waals surface area (Å²) in [5.41, 5.74) is -0.402. The molecule has 1 aromatic rings. The summed E-state index contributed by atoms with van der Waals surface area (Å²) in [6.45, 7) is 0.482. The van der Waals surface area contributed by atoms with Gasteiger partial charge in [-0.1, -0.05) is 23.2 Å². The van der Waals surface area contributed by atoms with Crippen molar-refractivity contribution in [2.24, 2.45) is 0 Å². The average Bonchev–Trinajstić information content (AvgIpc) is 3.20. The second-order valence-corrected chi connectivity index (χ2v) is 11.7. The predicted octanol–water partition coefficient (Wildman–Crippen LogP) is 2.05. The van der Waals surface area contributed by atoms with Gasteiger partial charge in [-0.15, -0.1) is 0 Å². The molecular weight excluding hydrogens is 453 g/mol. The Labute approximate surface area is 173 Å². The van der Waals surface area contributed by atoms with E-state index in [0.717, 1.165) is 22.9 Å². The number of rotatable bonds is 6. The molecular formula is C16H19Cl2NO7S2. The van der Waals surface area contributed by atoms with Gasteiger partial charge >= 0.3 is 5.97 Å². The predicted molar refractivity (Wildman–Crippen MR) is 103 cm³/mol. The Balaban J connectivity index is 2.05. The van der Waals surface area contributed by atoms with Crippen LogP contribution in [-0.4, -0.2) is 69.0 Å². The molecule has 1 N–H and O–H groups in total. The van der Waals surface area contributed by atoms with Crippen molar-refractivity contribution < 1.29 is 31.5 Å². The van der Waals surface area contributed by atoms with E-state index in [1.165, 1.54) is 0 Å². The van der Waals surface area contributed by atoms with Crippen molar-refractivity contribution in [3.05, 3.63) is 27.7 Å². The number of sulfonamides is 1. The number of hydrogen-bond acceptors (Lipinski definition) is 6. The summed E-state index contributed by atoms with van der Waals surface area (Å²) in [6.07, 6.45) is 1.24. The molecule has 2 heterocycles. The van der Waals surface area contributed by atoms with Crippen molar-refractivity contribution in [1.82, 2.24) is 4.31 Å². The van der Waals surface area contributed by atoms with Gasteiger partial charge in [-0.25, -0.2) is 21.6 Å². The first-order valence-corrected chi connectivity index (χ1v) is 12.6. The van der Waals surface area contributed by atoms with Crippen LogP contribution >= 0.6 is 23.2 Å². The van der Waals surface area contributed by atoms with Gasteiger partial charge in [-0.2, -0.15) is 4.31 Å². The zero-order valence-electron chi connectivity index (χ0n) is 14.7. The number of sulfone groups is 1. The minimum Gasteiger partial charge on any atom is -0.478 e. The monoisotopic (exact) mass is 471 g/mol. The normalized spacial score (nSPS) is 24.7. The number of hydrogen-bond donors (Lipinski definition) is 1. The zero-order valence-corrected chi connectivity index (χ0v) is 17.8. The number of ether oxygens (including phenoxy) is 1. The van der Waals surface area contributed by atoms with Crippen molar-refractivity contribution in [2.45, 2.75) is 36.3 Å². The van der Waals surface area contributed by atoms with E-state index in [2.05, 4.69) is 0 Å². The van der Waals surface area contributed by atoms with Crippen LogP contribution in [0.25, 0.3) is 0 Å². The van der Waals surface area contributed by atoms with Crippen LogP contribution in [0.2, 0.25) is 10.0 Å². The van der Waals surface area contributed by atoms with Gasteiger partial charge in [0.2, 0.25) is 10.0 Å². The van der Waals surface area contributed by atoms with E-state index < -0.39 is 42.3 Å². The van der Waals surface area contributed by atoms with Crippen molar-refractivity contribution in [3.63, 3.8) is 0 Å². The molecule has 0 spiro atoms. The summed E-state index contributed by atoms with van der Waals surface area (Å²) < 4.78 is 57.2. The molecule has 2 fully saturated rings. The highest BCUT2D eigenvalue weighted by atomic mass is 35.5. The van der Waals surface area contributed by atoms with E-state index in [9.17, 15) is 26.7 Å². The quantitative estimate of drug-likeness (QED) is 0.673. The Morgan fingerprint density at radius 1 is 1.25 bits per heavy atom. The van der Waals surface area contributed by atoms with Crippen LogP contribution < -0.4 is 0 Å². The molecule has 28 heavy (non-hydrogen) atoms. The number of carbonyl (C=O) groups is 1. The molecule has 0 amide bonds. The van der Waals surface area contributed by atoms with Gasteiger partial charge in [0.15, 0.2) is 9.84 Å². The molecule has 0 saturated carbocycles. The first-order chi connectivity index (χ1) is 13.0. The van der Waals surface area contributed by atoms with Crippen LogP contribution in [0.3, 0.4) is 0 Å². The zero-order chi connectivity index (χ0) is 20.7. The van der Waals surface area contributed by atoms with Crippen LogP contribution in [0.15, 0.2) is 17.0 Å². The Morgan fingerprint density at radius 2 is 1.96 bits per heavy atom. The molecule has 2 aliphatic heterocycles. The Morgan fingerprint density at radius 3 is 2.50 bits per heavy atom. The van der Waals surface area contributed by atoms with Gasteiger partial charge in [0.1, 0.15) is 4.90 Å². The fourth-order valence-electron chi connectivity index (χ4n) is 3.45. The van der Waals surface area contributed by atoms with E-state index in [1.54, 1.807) is 0 Å². The average molecular weight is 472 g/mol. The molecule has 0 aromatic heterocycles. The van der Waals surface area contributed by atoms with Gasteiger partial charge in [-0.3, -0.25) is 0 Å². The standard InChI is InChI=1S/C16H19Cl2NO7S2/c17-13-7-14(18)15(6-12(13)16(20)21)28(24,25)19(8-11-2-1-4-26-11)10-3-5-27(22,23)9-10/h6-7,10-11H,1-5,8-9H2,(H,20,21). The first-order valence-electron chi connectivity index (χ1n) is 8.57. The molecule has 2 unspecified atom stereocenters. The third kappa shape index (κ3) is 4.47. The van der Waals surface area contributed by atoms with Crippen LogP contribution in [0.5, 0.6) is 0 Å². The van der Waals surface area contributed by atoms with E-state index in [4.69, 9.17) is 27.9 Å². The SMILES string of the molecule is O=C(O)c1cc(S(=O)(=O)N(CC2CCCO2)C2CCS(=O)(=O)C2)c(Cl)cc1Cl. The van der Waals surface area contributed by atoms with E-state index >= 15 is 0 Å². The van der Waals surface area contributed by atoms with Crippen LogP contribution in [-0.2, 0) is 24.6 Å². The van der Waals surface area contributed by atoms with Crippen molar-refractivity contribution >= 4 is 49.0 Å². The number of benzene rings is 1. The van der Waals surface area contributed by atoms with Crippen molar-refractivity contribution in [2.75, 3.05) is 24.7 Å². The molecule has 156 valence electrons. The summed E-state index contributed by atoms with van der Waals surface area (Å²) in [4.78, 5) is 10.9. The second kappa shape index (κ2) is 8.08. The van der Waals surface area contributed by atoms with E-state index in [-0.39, 0.29) is 40.6 Å². The minimum absolute atomic E-state index is 0.0239. The summed E-state index contributed by atoms with van der Waals surface area (Å²) in [5, 5.41) is 8.84. The number of aromatic carboxylic acids is 1. The lowest BCUT2D eigenvalue weighted by Gasteiger charge is -2.30. The number of nitrogens with zero attached hydrogens (tertiary/aromatic N) is 1. The highest BCUT2D eigenvalue weighted by Gasteiger charge is 2.41. The molecule has 8 nitrogen and oxygen atoms in total. The van der Waals surface area contributed by atoms with Crippen molar-refractivity contribution in [1.29, 1.82) is 0 Å². The van der Waals surface area contributed by atoms with Gasteiger partial charge in [-0.05, 0) is 31.4 Å². The smallest absolute Gasteiger partial charge is 0.337 e. The molecule has 3 rings (SSSR count). The molecule has 0 aliphatic carbocycles. The maximum Gasteiger partial charge on any atom is 0.337 e. The molecule has 12 heteroatoms. The summed E-state index contributed by atoms with van der Waals surface area (Å²) in [7, 11) is -7.64. The van der Waals surface area contributed by atoms with Crippen molar-refractivity contribution in [3.8, 4) is 0 Å². The Kier molecular flexibility index (Phi) is 6.29. The van der Waals surface area contributed by atoms with Gasteiger partial charge < -0.3 is 9.84 Å². The second-order valence-electron chi connectivity index (χ2n) is 6.83. The molecule has 2 atom stereocenters. The summed E-state index contributed by atoms with van der Waals surface area (Å²) in [6, 6.07) is 1.21. The lowest BCUT2D eigenvalue weighted by atomic mass is 10.2. The summed E-state index contributed by atoms with van der Waals surface area (Å²) >= 11 is 11.9. The molecule has 2 aliphatic rings. The third-order valence-electron chi connectivity index (χ3n) is 4.86. The molecule has 2 saturated heterocycles. The lowest BCUT2D eigenvalue weighted by molar-refractivity contribution is 0.0696. The lowest BCUT2D eigenvalue weighted by Crippen LogP contribution is -2.45. The van der Waals surface area contributed by atoms with E-state index in [1.807, 2.05) is 0 Å². The molecule has 1 aromatic carbocycles. The topological polar surface area (TPSA) is 118 Å². The highest BCUT2D eigenvalue weighted by molar-refractivity contribution is 7.92. The maximum atomic E-state index is 13.4.